The number of Topliss-reactive ketones (excluding diaryl/α,β-unsaturated/α-hetero) is 1. The molecule has 1 aromatic carbocycles. The minimum absolute atomic E-state index is 0.155. The predicted octanol–water partition coefficient (Wildman–Crippen LogP) is 0.884. The van der Waals surface area contributed by atoms with Crippen LogP contribution in [0.4, 0.5) is 4.79 Å². The third-order valence-corrected chi connectivity index (χ3v) is 3.16. The molecular weight excluding hydrogens is 260 g/mol. The van der Waals surface area contributed by atoms with Crippen LogP contribution in [0.15, 0.2) is 30.3 Å². The summed E-state index contributed by atoms with van der Waals surface area (Å²) < 4.78 is 9.87. The molecule has 1 heterocycles. The predicted molar refractivity (Wildman–Crippen MR) is 72.5 cm³/mol. The summed E-state index contributed by atoms with van der Waals surface area (Å²) in [6, 6.07) is 8.89. The summed E-state index contributed by atoms with van der Waals surface area (Å²) in [6.45, 7) is 2.27. The zero-order valence-corrected chi connectivity index (χ0v) is 11.4. The van der Waals surface area contributed by atoms with Crippen molar-refractivity contribution in [3.05, 3.63) is 35.9 Å². The number of amides is 1. The summed E-state index contributed by atoms with van der Waals surface area (Å²) in [4.78, 5) is 25.9. The second kappa shape index (κ2) is 7.02. The van der Waals surface area contributed by atoms with E-state index in [1.807, 2.05) is 11.0 Å². The molecule has 6 nitrogen and oxygen atoms in total. The molecule has 0 spiro atoms. The molecule has 1 fully saturated rings. The largest absolute Gasteiger partial charge is 0.453 e. The highest BCUT2D eigenvalue weighted by atomic mass is 16.5. The summed E-state index contributed by atoms with van der Waals surface area (Å²) in [7, 11) is 1.28. The highest BCUT2D eigenvalue weighted by Gasteiger charge is 2.29. The number of alkyl carbamates (subject to hydrolysis) is 1. The van der Waals surface area contributed by atoms with Crippen LogP contribution < -0.4 is 5.32 Å². The maximum absolute atomic E-state index is 12.5. The molecule has 108 valence electrons. The van der Waals surface area contributed by atoms with Gasteiger partial charge in [0.25, 0.3) is 0 Å². The Balaban J connectivity index is 2.16. The van der Waals surface area contributed by atoms with E-state index in [-0.39, 0.29) is 5.78 Å². The van der Waals surface area contributed by atoms with Gasteiger partial charge in [0.1, 0.15) is 6.17 Å². The number of methoxy groups -OCH3 is 1. The lowest BCUT2D eigenvalue weighted by molar-refractivity contribution is 0.0110. The number of carbonyl (C=O) groups is 2. The van der Waals surface area contributed by atoms with Gasteiger partial charge >= 0.3 is 6.09 Å². The number of morpholine rings is 1. The summed E-state index contributed by atoms with van der Waals surface area (Å²) in [5.74, 6) is -0.155. The van der Waals surface area contributed by atoms with E-state index in [4.69, 9.17) is 4.74 Å². The molecule has 0 unspecified atom stereocenters. The van der Waals surface area contributed by atoms with Crippen molar-refractivity contribution in [1.82, 2.24) is 10.2 Å². The van der Waals surface area contributed by atoms with Crippen LogP contribution in [-0.4, -0.2) is 56.4 Å². The summed E-state index contributed by atoms with van der Waals surface area (Å²) in [5, 5.41) is 2.59. The number of hydrogen-bond donors (Lipinski definition) is 1. The molecule has 1 aliphatic heterocycles. The van der Waals surface area contributed by atoms with E-state index >= 15 is 0 Å². The second-order valence-electron chi connectivity index (χ2n) is 4.42. The van der Waals surface area contributed by atoms with Crippen LogP contribution in [0.5, 0.6) is 0 Å². The molecule has 1 aromatic rings. The molecule has 1 saturated heterocycles. The smallest absolute Gasteiger partial charge is 0.408 e. The van der Waals surface area contributed by atoms with Crippen LogP contribution in [0.2, 0.25) is 0 Å². The van der Waals surface area contributed by atoms with E-state index in [0.29, 0.717) is 31.9 Å². The number of ether oxygens (including phenoxy) is 2. The van der Waals surface area contributed by atoms with Crippen LogP contribution in [0, 0.1) is 0 Å². The number of hydrogen-bond acceptors (Lipinski definition) is 5. The van der Waals surface area contributed by atoms with Gasteiger partial charge in [-0.15, -0.1) is 0 Å². The maximum atomic E-state index is 12.5. The molecular formula is C14H18N2O4. The minimum Gasteiger partial charge on any atom is -0.453 e. The molecule has 0 bridgehead atoms. The van der Waals surface area contributed by atoms with Gasteiger partial charge in [0.2, 0.25) is 0 Å². The van der Waals surface area contributed by atoms with Gasteiger partial charge in [-0.1, -0.05) is 30.3 Å². The molecule has 1 N–H and O–H groups in total. The Morgan fingerprint density at radius 1 is 1.25 bits per heavy atom. The SMILES string of the molecule is COC(=O)N[C@@H](C(=O)c1ccccc1)N1CCOCC1. The van der Waals surface area contributed by atoms with Crippen molar-refractivity contribution in [1.29, 1.82) is 0 Å². The van der Waals surface area contributed by atoms with Gasteiger partial charge in [-0.05, 0) is 0 Å². The molecule has 20 heavy (non-hydrogen) atoms. The summed E-state index contributed by atoms with van der Waals surface area (Å²) >= 11 is 0. The lowest BCUT2D eigenvalue weighted by Gasteiger charge is -2.33. The lowest BCUT2D eigenvalue weighted by atomic mass is 10.1. The van der Waals surface area contributed by atoms with Crippen molar-refractivity contribution in [2.45, 2.75) is 6.17 Å². The Morgan fingerprint density at radius 3 is 2.50 bits per heavy atom. The first kappa shape index (κ1) is 14.5. The number of rotatable bonds is 4. The van der Waals surface area contributed by atoms with Gasteiger partial charge in [0.05, 0.1) is 20.3 Å². The topological polar surface area (TPSA) is 67.9 Å². The van der Waals surface area contributed by atoms with Crippen molar-refractivity contribution in [3.63, 3.8) is 0 Å². The number of nitrogens with one attached hydrogen (secondary N) is 1. The third-order valence-electron chi connectivity index (χ3n) is 3.16. The first-order valence-electron chi connectivity index (χ1n) is 6.48. The second-order valence-corrected chi connectivity index (χ2v) is 4.42. The molecule has 0 aliphatic carbocycles. The zero-order chi connectivity index (χ0) is 14.4. The minimum atomic E-state index is -0.728. The van der Waals surface area contributed by atoms with Crippen molar-refractivity contribution < 1.29 is 19.1 Å². The first-order chi connectivity index (χ1) is 9.72. The Hall–Kier alpha value is -1.92. The van der Waals surface area contributed by atoms with Crippen LogP contribution in [0.25, 0.3) is 0 Å². The highest BCUT2D eigenvalue weighted by Crippen LogP contribution is 2.10. The van der Waals surface area contributed by atoms with E-state index in [2.05, 4.69) is 10.1 Å². The molecule has 0 saturated carbocycles. The average Bonchev–Trinajstić information content (AvgIpc) is 2.53. The van der Waals surface area contributed by atoms with Gasteiger partial charge in [-0.2, -0.15) is 0 Å². The van der Waals surface area contributed by atoms with Crippen molar-refractivity contribution in [2.24, 2.45) is 0 Å². The zero-order valence-electron chi connectivity index (χ0n) is 11.4. The first-order valence-corrected chi connectivity index (χ1v) is 6.48. The van der Waals surface area contributed by atoms with E-state index < -0.39 is 12.3 Å². The standard InChI is InChI=1S/C14H18N2O4/c1-19-14(18)15-13(16-7-9-20-10-8-16)12(17)11-5-3-2-4-6-11/h2-6,13H,7-10H2,1H3,(H,15,18)/t13-/m1/s1. The van der Waals surface area contributed by atoms with Gasteiger partial charge in [-0.25, -0.2) is 4.79 Å². The van der Waals surface area contributed by atoms with E-state index in [1.54, 1.807) is 24.3 Å². The third kappa shape index (κ3) is 3.55. The van der Waals surface area contributed by atoms with Gasteiger partial charge < -0.3 is 9.47 Å². The van der Waals surface area contributed by atoms with Crippen LogP contribution >= 0.6 is 0 Å². The Bertz CT molecular complexity index is 458. The Morgan fingerprint density at radius 2 is 1.90 bits per heavy atom. The molecule has 1 amide bonds. The fourth-order valence-corrected chi connectivity index (χ4v) is 2.09. The normalized spacial score (nSPS) is 17.2. The molecule has 0 radical (unpaired) electrons. The number of nitrogens with zero attached hydrogens (tertiary/aromatic N) is 1. The van der Waals surface area contributed by atoms with Crippen LogP contribution in [0.3, 0.4) is 0 Å². The Labute approximate surface area is 117 Å². The summed E-state index contributed by atoms with van der Waals surface area (Å²) in [5.41, 5.74) is 0.556. The number of benzene rings is 1. The van der Waals surface area contributed by atoms with E-state index in [9.17, 15) is 9.59 Å². The Kier molecular flexibility index (Phi) is 5.09. The lowest BCUT2D eigenvalue weighted by Crippen LogP contribution is -2.56. The van der Waals surface area contributed by atoms with Gasteiger partial charge in [0.15, 0.2) is 5.78 Å². The maximum Gasteiger partial charge on any atom is 0.408 e. The molecule has 1 aliphatic rings. The summed E-state index contributed by atoms with van der Waals surface area (Å²) in [6.07, 6.45) is -1.35. The quantitative estimate of drug-likeness (QED) is 0.828. The highest BCUT2D eigenvalue weighted by molar-refractivity contribution is 6.01. The van der Waals surface area contributed by atoms with Crippen molar-refractivity contribution in [3.8, 4) is 0 Å². The average molecular weight is 278 g/mol. The number of ketones is 1. The van der Waals surface area contributed by atoms with E-state index in [0.717, 1.165) is 0 Å². The van der Waals surface area contributed by atoms with Gasteiger partial charge in [0, 0.05) is 18.7 Å². The van der Waals surface area contributed by atoms with Crippen LogP contribution in [0.1, 0.15) is 10.4 Å². The van der Waals surface area contributed by atoms with Gasteiger partial charge in [-0.3, -0.25) is 15.0 Å². The van der Waals surface area contributed by atoms with Crippen molar-refractivity contribution in [2.75, 3.05) is 33.4 Å². The van der Waals surface area contributed by atoms with E-state index in [1.165, 1.54) is 7.11 Å². The molecule has 1 atom stereocenters. The molecule has 0 aromatic heterocycles. The van der Waals surface area contributed by atoms with Crippen molar-refractivity contribution >= 4 is 11.9 Å². The molecule has 2 rings (SSSR count). The van der Waals surface area contributed by atoms with Crippen LogP contribution in [-0.2, 0) is 9.47 Å². The number of carbonyl (C=O) groups excluding carboxylic acids is 2. The monoisotopic (exact) mass is 278 g/mol. The molecule has 6 heteroatoms. The fraction of sp³-hybridized carbons (Fsp3) is 0.429. The fourth-order valence-electron chi connectivity index (χ4n) is 2.09.